The lowest BCUT2D eigenvalue weighted by Gasteiger charge is -2.30. The van der Waals surface area contributed by atoms with Crippen LogP contribution in [0.2, 0.25) is 0 Å². The van der Waals surface area contributed by atoms with Crippen molar-refractivity contribution in [1.29, 1.82) is 0 Å². The minimum atomic E-state index is -0.451. The summed E-state index contributed by atoms with van der Waals surface area (Å²) in [5.41, 5.74) is -0.120. The first kappa shape index (κ1) is 16.0. The summed E-state index contributed by atoms with van der Waals surface area (Å²) >= 11 is 0. The zero-order chi connectivity index (χ0) is 15.5. The molecule has 1 saturated carbocycles. The largest absolute Gasteiger partial charge is 0.462 e. The summed E-state index contributed by atoms with van der Waals surface area (Å²) in [5.74, 6) is -0.0464. The molecular formula is C17H24O4. The molecule has 0 saturated heterocycles. The molecule has 0 aromatic heterocycles. The van der Waals surface area contributed by atoms with Gasteiger partial charge >= 0.3 is 5.97 Å². The van der Waals surface area contributed by atoms with E-state index in [9.17, 15) is 15.0 Å². The van der Waals surface area contributed by atoms with Gasteiger partial charge in [-0.15, -0.1) is 0 Å². The average Bonchev–Trinajstić information content (AvgIpc) is 2.78. The third-order valence-corrected chi connectivity index (χ3v) is 4.92. The van der Waals surface area contributed by atoms with E-state index in [4.69, 9.17) is 4.74 Å². The Morgan fingerprint density at radius 1 is 1.29 bits per heavy atom. The van der Waals surface area contributed by atoms with Crippen LogP contribution in [0.3, 0.4) is 0 Å². The fourth-order valence-electron chi connectivity index (χ4n) is 3.37. The van der Waals surface area contributed by atoms with Gasteiger partial charge in [-0.2, -0.15) is 0 Å². The summed E-state index contributed by atoms with van der Waals surface area (Å²) in [6.07, 6.45) is 1.41. The summed E-state index contributed by atoms with van der Waals surface area (Å²) in [6.45, 7) is 4.39. The fourth-order valence-corrected chi connectivity index (χ4v) is 3.37. The number of ether oxygens (including phenoxy) is 1. The number of carbonyl (C=O) groups is 1. The van der Waals surface area contributed by atoms with Gasteiger partial charge in [-0.05, 0) is 30.9 Å². The molecule has 0 radical (unpaired) electrons. The van der Waals surface area contributed by atoms with Gasteiger partial charge in [0.15, 0.2) is 0 Å². The molecular weight excluding hydrogens is 268 g/mol. The summed E-state index contributed by atoms with van der Waals surface area (Å²) < 4.78 is 5.47. The molecule has 0 aliphatic heterocycles. The van der Waals surface area contributed by atoms with Crippen molar-refractivity contribution in [3.8, 4) is 0 Å². The highest BCUT2D eigenvalue weighted by atomic mass is 16.5. The highest BCUT2D eigenvalue weighted by Gasteiger charge is 2.50. The van der Waals surface area contributed by atoms with Gasteiger partial charge in [-0.3, -0.25) is 0 Å². The first-order valence-corrected chi connectivity index (χ1v) is 7.39. The third-order valence-electron chi connectivity index (χ3n) is 4.92. The van der Waals surface area contributed by atoms with Crippen molar-refractivity contribution in [1.82, 2.24) is 0 Å². The van der Waals surface area contributed by atoms with E-state index < -0.39 is 5.41 Å². The minimum Gasteiger partial charge on any atom is -0.462 e. The van der Waals surface area contributed by atoms with Crippen LogP contribution in [0.4, 0.5) is 0 Å². The van der Waals surface area contributed by atoms with Gasteiger partial charge in [0.2, 0.25) is 0 Å². The van der Waals surface area contributed by atoms with Crippen molar-refractivity contribution in [2.24, 2.45) is 16.7 Å². The number of esters is 1. The Kier molecular flexibility index (Phi) is 4.69. The van der Waals surface area contributed by atoms with Crippen LogP contribution in [0.15, 0.2) is 30.3 Å². The number of carbonyl (C=O) groups excluding carboxylic acids is 1. The van der Waals surface area contributed by atoms with Gasteiger partial charge in [-0.25, -0.2) is 4.79 Å². The van der Waals surface area contributed by atoms with Gasteiger partial charge in [0.1, 0.15) is 0 Å². The van der Waals surface area contributed by atoms with Crippen molar-refractivity contribution < 1.29 is 19.7 Å². The molecule has 1 aromatic carbocycles. The van der Waals surface area contributed by atoms with Crippen molar-refractivity contribution in [3.05, 3.63) is 35.9 Å². The van der Waals surface area contributed by atoms with E-state index in [1.807, 2.05) is 6.07 Å². The Bertz CT molecular complexity index is 481. The molecule has 116 valence electrons. The van der Waals surface area contributed by atoms with Crippen LogP contribution >= 0.6 is 0 Å². The van der Waals surface area contributed by atoms with E-state index in [2.05, 4.69) is 13.8 Å². The van der Waals surface area contributed by atoms with E-state index in [1.54, 1.807) is 24.3 Å². The van der Waals surface area contributed by atoms with Crippen LogP contribution in [0, 0.1) is 16.7 Å². The molecule has 1 aliphatic carbocycles. The Morgan fingerprint density at radius 2 is 1.90 bits per heavy atom. The summed E-state index contributed by atoms with van der Waals surface area (Å²) in [5, 5.41) is 19.1. The molecule has 21 heavy (non-hydrogen) atoms. The summed E-state index contributed by atoms with van der Waals surface area (Å²) in [4.78, 5) is 12.0. The van der Waals surface area contributed by atoms with Gasteiger partial charge in [-0.1, -0.05) is 32.0 Å². The van der Waals surface area contributed by atoms with Gasteiger partial charge in [0.25, 0.3) is 0 Å². The van der Waals surface area contributed by atoms with Gasteiger partial charge in [0.05, 0.1) is 25.4 Å². The van der Waals surface area contributed by atoms with Gasteiger partial charge in [0, 0.05) is 10.8 Å². The van der Waals surface area contributed by atoms with E-state index in [1.165, 1.54) is 0 Å². The molecule has 2 atom stereocenters. The first-order valence-electron chi connectivity index (χ1n) is 7.39. The zero-order valence-electron chi connectivity index (χ0n) is 12.7. The summed E-state index contributed by atoms with van der Waals surface area (Å²) in [7, 11) is 0. The Balaban J connectivity index is 2.01. The molecule has 0 bridgehead atoms. The SMILES string of the molecule is C[C@@H]1CC(CO)(CO)C[C@]1(C)COC(=O)c1ccccc1. The number of aliphatic hydroxyl groups is 2. The van der Waals surface area contributed by atoms with Crippen molar-refractivity contribution in [2.45, 2.75) is 26.7 Å². The Morgan fingerprint density at radius 3 is 2.43 bits per heavy atom. The molecule has 1 fully saturated rings. The minimum absolute atomic E-state index is 0.0317. The van der Waals surface area contributed by atoms with Crippen LogP contribution in [-0.4, -0.2) is 36.0 Å². The Hall–Kier alpha value is -1.39. The lowest BCUT2D eigenvalue weighted by Crippen LogP contribution is -2.31. The van der Waals surface area contributed by atoms with Crippen LogP contribution in [0.25, 0.3) is 0 Å². The third kappa shape index (κ3) is 3.27. The number of hydrogen-bond donors (Lipinski definition) is 2. The van der Waals surface area contributed by atoms with E-state index in [0.29, 0.717) is 18.6 Å². The molecule has 2 N–H and O–H groups in total. The highest BCUT2D eigenvalue weighted by Crippen LogP contribution is 2.52. The maximum atomic E-state index is 12.0. The number of hydrogen-bond acceptors (Lipinski definition) is 4. The predicted molar refractivity (Wildman–Crippen MR) is 79.8 cm³/mol. The zero-order valence-corrected chi connectivity index (χ0v) is 12.7. The second-order valence-corrected chi connectivity index (χ2v) is 6.69. The average molecular weight is 292 g/mol. The van der Waals surface area contributed by atoms with Crippen molar-refractivity contribution in [3.63, 3.8) is 0 Å². The molecule has 0 heterocycles. The van der Waals surface area contributed by atoms with Crippen LogP contribution in [0.5, 0.6) is 0 Å². The molecule has 0 amide bonds. The molecule has 0 spiro atoms. The number of aliphatic hydroxyl groups excluding tert-OH is 2. The second kappa shape index (κ2) is 6.16. The lowest BCUT2D eigenvalue weighted by atomic mass is 9.80. The Labute approximate surface area is 125 Å². The van der Waals surface area contributed by atoms with Crippen LogP contribution in [0.1, 0.15) is 37.0 Å². The smallest absolute Gasteiger partial charge is 0.338 e. The predicted octanol–water partition coefficient (Wildman–Crippen LogP) is 2.25. The molecule has 1 aromatic rings. The normalized spacial score (nSPS) is 27.5. The molecule has 2 rings (SSSR count). The van der Waals surface area contributed by atoms with Crippen LogP contribution < -0.4 is 0 Å². The molecule has 1 aliphatic rings. The maximum Gasteiger partial charge on any atom is 0.338 e. The topological polar surface area (TPSA) is 66.8 Å². The monoisotopic (exact) mass is 292 g/mol. The second-order valence-electron chi connectivity index (χ2n) is 6.69. The molecule has 0 unspecified atom stereocenters. The molecule has 4 heteroatoms. The van der Waals surface area contributed by atoms with E-state index in [-0.39, 0.29) is 30.5 Å². The van der Waals surface area contributed by atoms with Crippen molar-refractivity contribution in [2.75, 3.05) is 19.8 Å². The quantitative estimate of drug-likeness (QED) is 0.817. The van der Waals surface area contributed by atoms with Crippen molar-refractivity contribution >= 4 is 5.97 Å². The van der Waals surface area contributed by atoms with Crippen LogP contribution in [-0.2, 0) is 4.74 Å². The van der Waals surface area contributed by atoms with E-state index >= 15 is 0 Å². The number of benzene rings is 1. The highest BCUT2D eigenvalue weighted by molar-refractivity contribution is 5.89. The maximum absolute atomic E-state index is 12.0. The standard InChI is InChI=1S/C17H24O4/c1-13-8-17(10-18,11-19)9-16(13,2)12-21-15(20)14-6-4-3-5-7-14/h3-7,13,18-19H,8-12H2,1-2H3/t13-,16-/m1/s1. The van der Waals surface area contributed by atoms with Gasteiger partial charge < -0.3 is 14.9 Å². The number of rotatable bonds is 5. The lowest BCUT2D eigenvalue weighted by molar-refractivity contribution is 0.0149. The summed E-state index contributed by atoms with van der Waals surface area (Å²) in [6, 6.07) is 8.93. The fraction of sp³-hybridized carbons (Fsp3) is 0.588. The van der Waals surface area contributed by atoms with E-state index in [0.717, 1.165) is 6.42 Å². The first-order chi connectivity index (χ1) is 9.95. The molecule has 4 nitrogen and oxygen atoms in total.